The molecule has 0 saturated carbocycles. The minimum Gasteiger partial charge on any atom is -0.388 e. The molecule has 0 radical (unpaired) electrons. The summed E-state index contributed by atoms with van der Waals surface area (Å²) in [4.78, 5) is 11.8. The molecule has 1 N–H and O–H groups in total. The lowest BCUT2D eigenvalue weighted by Crippen LogP contribution is -2.00. The van der Waals surface area contributed by atoms with E-state index in [2.05, 4.69) is 15.0 Å². The van der Waals surface area contributed by atoms with E-state index in [4.69, 9.17) is 0 Å². The van der Waals surface area contributed by atoms with Gasteiger partial charge in [0.15, 0.2) is 0 Å². The number of rotatable bonds is 4. The Hall–Kier alpha value is -1.81. The van der Waals surface area contributed by atoms with Gasteiger partial charge in [-0.25, -0.2) is 9.97 Å². The zero-order valence-corrected chi connectivity index (χ0v) is 8.82. The maximum atomic E-state index is 9.88. The third-order valence-corrected chi connectivity index (χ3v) is 2.39. The lowest BCUT2D eigenvalue weighted by atomic mass is 10.0. The molecule has 2 rings (SSSR count). The summed E-state index contributed by atoms with van der Waals surface area (Å²) in [7, 11) is 0. The first kappa shape index (κ1) is 10.7. The van der Waals surface area contributed by atoms with Gasteiger partial charge in [0.2, 0.25) is 0 Å². The average Bonchev–Trinajstić information content (AvgIpc) is 2.38. The first-order chi connectivity index (χ1) is 7.86. The van der Waals surface area contributed by atoms with Crippen molar-refractivity contribution in [2.45, 2.75) is 18.9 Å². The number of aliphatic hydroxyl groups excluding tert-OH is 1. The van der Waals surface area contributed by atoms with E-state index in [9.17, 15) is 5.11 Å². The van der Waals surface area contributed by atoms with Crippen LogP contribution in [0.15, 0.2) is 43.2 Å². The van der Waals surface area contributed by atoms with Crippen molar-refractivity contribution >= 4 is 0 Å². The molecule has 4 nitrogen and oxygen atoms in total. The van der Waals surface area contributed by atoms with Crippen LogP contribution in [0.1, 0.15) is 23.7 Å². The highest BCUT2D eigenvalue weighted by atomic mass is 16.3. The van der Waals surface area contributed by atoms with Gasteiger partial charge in [-0.2, -0.15) is 0 Å². The summed E-state index contributed by atoms with van der Waals surface area (Å²) in [6, 6.07) is 3.90. The van der Waals surface area contributed by atoms with Crippen LogP contribution < -0.4 is 0 Å². The number of pyridine rings is 1. The summed E-state index contributed by atoms with van der Waals surface area (Å²) in [6.45, 7) is 0. The second-order valence-electron chi connectivity index (χ2n) is 3.59. The zero-order chi connectivity index (χ0) is 11.2. The summed E-state index contributed by atoms with van der Waals surface area (Å²) in [6.07, 6.45) is 9.22. The van der Waals surface area contributed by atoms with Gasteiger partial charge in [0.25, 0.3) is 0 Å². The molecule has 4 heteroatoms. The largest absolute Gasteiger partial charge is 0.388 e. The van der Waals surface area contributed by atoms with E-state index in [-0.39, 0.29) is 0 Å². The lowest BCUT2D eigenvalue weighted by molar-refractivity contribution is 0.167. The summed E-state index contributed by atoms with van der Waals surface area (Å²) in [5, 5.41) is 9.88. The Morgan fingerprint density at radius 3 is 2.62 bits per heavy atom. The second kappa shape index (κ2) is 5.32. The first-order valence-electron chi connectivity index (χ1n) is 5.18. The van der Waals surface area contributed by atoms with Gasteiger partial charge in [0, 0.05) is 30.4 Å². The van der Waals surface area contributed by atoms with Gasteiger partial charge in [0.1, 0.15) is 6.33 Å². The molecule has 2 aromatic heterocycles. The Kier molecular flexibility index (Phi) is 3.56. The zero-order valence-electron chi connectivity index (χ0n) is 8.82. The third kappa shape index (κ3) is 2.84. The maximum Gasteiger partial charge on any atom is 0.115 e. The number of hydrogen-bond donors (Lipinski definition) is 1. The summed E-state index contributed by atoms with van der Waals surface area (Å²) in [5.41, 5.74) is 1.88. The minimum atomic E-state index is -0.513. The number of aliphatic hydroxyl groups is 1. The Morgan fingerprint density at radius 1 is 1.12 bits per heavy atom. The number of nitrogens with zero attached hydrogens (tertiary/aromatic N) is 3. The summed E-state index contributed by atoms with van der Waals surface area (Å²) < 4.78 is 0. The molecule has 82 valence electrons. The topological polar surface area (TPSA) is 58.9 Å². The molecular weight excluding hydrogens is 202 g/mol. The van der Waals surface area contributed by atoms with E-state index in [0.717, 1.165) is 17.5 Å². The van der Waals surface area contributed by atoms with Crippen molar-refractivity contribution in [3.63, 3.8) is 0 Å². The molecule has 0 aliphatic heterocycles. The highest BCUT2D eigenvalue weighted by Gasteiger charge is 2.07. The van der Waals surface area contributed by atoms with Gasteiger partial charge in [0.05, 0.1) is 6.10 Å². The molecule has 0 amide bonds. The Bertz CT molecular complexity index is 419. The molecule has 0 aliphatic carbocycles. The molecule has 0 spiro atoms. The number of aryl methyl sites for hydroxylation is 1. The monoisotopic (exact) mass is 215 g/mol. The maximum absolute atomic E-state index is 9.88. The van der Waals surface area contributed by atoms with Crippen LogP contribution in [0.3, 0.4) is 0 Å². The quantitative estimate of drug-likeness (QED) is 0.840. The molecule has 1 atom stereocenters. The van der Waals surface area contributed by atoms with Crippen molar-refractivity contribution in [1.29, 1.82) is 0 Å². The molecule has 0 aliphatic rings. The fourth-order valence-electron chi connectivity index (χ4n) is 1.50. The Morgan fingerprint density at radius 2 is 1.94 bits per heavy atom. The molecular formula is C12H13N3O. The molecule has 2 heterocycles. The fourth-order valence-corrected chi connectivity index (χ4v) is 1.50. The van der Waals surface area contributed by atoms with Crippen LogP contribution in [0, 0.1) is 0 Å². The molecule has 2 aromatic rings. The van der Waals surface area contributed by atoms with E-state index < -0.39 is 6.10 Å². The van der Waals surface area contributed by atoms with Gasteiger partial charge in [-0.15, -0.1) is 0 Å². The van der Waals surface area contributed by atoms with Crippen molar-refractivity contribution in [1.82, 2.24) is 15.0 Å². The number of hydrogen-bond acceptors (Lipinski definition) is 4. The third-order valence-electron chi connectivity index (χ3n) is 2.39. The smallest absolute Gasteiger partial charge is 0.115 e. The highest BCUT2D eigenvalue weighted by molar-refractivity contribution is 5.11. The van der Waals surface area contributed by atoms with Crippen LogP contribution in [0.4, 0.5) is 0 Å². The standard InChI is InChI=1S/C12H13N3O/c16-12(11-7-14-9-15-8-11)4-3-10-2-1-5-13-6-10/h1-2,5-9,12,16H,3-4H2. The van der Waals surface area contributed by atoms with Crippen LogP contribution >= 0.6 is 0 Å². The van der Waals surface area contributed by atoms with E-state index in [1.807, 2.05) is 18.3 Å². The average molecular weight is 215 g/mol. The Balaban J connectivity index is 1.92. The van der Waals surface area contributed by atoms with Crippen LogP contribution in [-0.2, 0) is 6.42 Å². The van der Waals surface area contributed by atoms with E-state index in [0.29, 0.717) is 6.42 Å². The molecule has 0 saturated heterocycles. The molecule has 0 bridgehead atoms. The van der Waals surface area contributed by atoms with Gasteiger partial charge in [-0.05, 0) is 24.5 Å². The normalized spacial score (nSPS) is 12.3. The lowest BCUT2D eigenvalue weighted by Gasteiger charge is -2.09. The summed E-state index contributed by atoms with van der Waals surface area (Å²) >= 11 is 0. The van der Waals surface area contributed by atoms with E-state index in [1.54, 1.807) is 18.6 Å². The van der Waals surface area contributed by atoms with Gasteiger partial charge in [-0.3, -0.25) is 4.98 Å². The van der Waals surface area contributed by atoms with Crippen molar-refractivity contribution in [2.24, 2.45) is 0 Å². The first-order valence-corrected chi connectivity index (χ1v) is 5.18. The predicted molar refractivity (Wildman–Crippen MR) is 59.5 cm³/mol. The van der Waals surface area contributed by atoms with Crippen LogP contribution in [-0.4, -0.2) is 20.1 Å². The van der Waals surface area contributed by atoms with Gasteiger partial charge < -0.3 is 5.11 Å². The van der Waals surface area contributed by atoms with Gasteiger partial charge >= 0.3 is 0 Å². The Labute approximate surface area is 94.0 Å². The molecule has 16 heavy (non-hydrogen) atoms. The van der Waals surface area contributed by atoms with Crippen LogP contribution in [0.5, 0.6) is 0 Å². The number of aromatic nitrogens is 3. The van der Waals surface area contributed by atoms with Crippen molar-refractivity contribution in [3.05, 3.63) is 54.4 Å². The van der Waals surface area contributed by atoms with Crippen molar-refractivity contribution in [3.8, 4) is 0 Å². The van der Waals surface area contributed by atoms with Crippen LogP contribution in [0.2, 0.25) is 0 Å². The van der Waals surface area contributed by atoms with Gasteiger partial charge in [-0.1, -0.05) is 6.07 Å². The molecule has 0 aromatic carbocycles. The molecule has 1 unspecified atom stereocenters. The predicted octanol–water partition coefficient (Wildman–Crippen LogP) is 1.54. The summed E-state index contributed by atoms with van der Waals surface area (Å²) in [5.74, 6) is 0. The van der Waals surface area contributed by atoms with E-state index in [1.165, 1.54) is 6.33 Å². The SMILES string of the molecule is OC(CCc1cccnc1)c1cncnc1. The second-order valence-corrected chi connectivity index (χ2v) is 3.59. The van der Waals surface area contributed by atoms with Crippen molar-refractivity contribution < 1.29 is 5.11 Å². The van der Waals surface area contributed by atoms with E-state index >= 15 is 0 Å². The fraction of sp³-hybridized carbons (Fsp3) is 0.250. The minimum absolute atomic E-state index is 0.513. The highest BCUT2D eigenvalue weighted by Crippen LogP contribution is 2.16. The van der Waals surface area contributed by atoms with Crippen LogP contribution in [0.25, 0.3) is 0 Å². The molecule has 0 fully saturated rings. The van der Waals surface area contributed by atoms with Crippen molar-refractivity contribution in [2.75, 3.05) is 0 Å².